The van der Waals surface area contributed by atoms with E-state index in [0.29, 0.717) is 13.0 Å². The highest BCUT2D eigenvalue weighted by molar-refractivity contribution is 5.94. The van der Waals surface area contributed by atoms with Gasteiger partial charge in [-0.3, -0.25) is 14.4 Å². The minimum atomic E-state index is -0.630. The van der Waals surface area contributed by atoms with Crippen LogP contribution in [-0.2, 0) is 20.8 Å². The second-order valence-corrected chi connectivity index (χ2v) is 10.5. The van der Waals surface area contributed by atoms with Crippen molar-refractivity contribution in [2.45, 2.75) is 94.9 Å². The van der Waals surface area contributed by atoms with Crippen LogP contribution in [-0.4, -0.2) is 60.4 Å². The highest BCUT2D eigenvalue weighted by Crippen LogP contribution is 2.32. The number of hydrogen-bond acceptors (Lipinski definition) is 5. The molecule has 3 amide bonds. The predicted octanol–water partition coefficient (Wildman–Crippen LogP) is 1.78. The molecule has 5 N–H and O–H groups in total. The molecule has 1 saturated carbocycles. The van der Waals surface area contributed by atoms with Crippen LogP contribution in [0.25, 0.3) is 0 Å². The van der Waals surface area contributed by atoms with Gasteiger partial charge in [0, 0.05) is 12.6 Å². The molecule has 8 nitrogen and oxygen atoms in total. The van der Waals surface area contributed by atoms with E-state index in [9.17, 15) is 14.4 Å². The Balaban J connectivity index is 1.51. The lowest BCUT2D eigenvalue weighted by Gasteiger charge is -2.35. The molecule has 1 saturated heterocycles. The summed E-state index contributed by atoms with van der Waals surface area (Å²) in [5.74, 6) is -0.439. The predicted molar refractivity (Wildman–Crippen MR) is 135 cm³/mol. The highest BCUT2D eigenvalue weighted by Gasteiger charge is 2.43. The number of fused-ring (bicyclic) bond motifs is 1. The molecule has 1 heterocycles. The summed E-state index contributed by atoms with van der Waals surface area (Å²) in [5.41, 5.74) is 8.72. The van der Waals surface area contributed by atoms with Gasteiger partial charge in [0.25, 0.3) is 0 Å². The molecule has 2 aliphatic carbocycles. The van der Waals surface area contributed by atoms with Crippen molar-refractivity contribution in [2.75, 3.05) is 13.6 Å². The van der Waals surface area contributed by atoms with E-state index in [4.69, 9.17) is 5.73 Å². The maximum atomic E-state index is 13.9. The third kappa shape index (κ3) is 5.86. The number of benzene rings is 1. The first kappa shape index (κ1) is 25.6. The van der Waals surface area contributed by atoms with Crippen LogP contribution in [0.5, 0.6) is 0 Å². The average Bonchev–Trinajstić information content (AvgIpc) is 3.28. The van der Waals surface area contributed by atoms with Gasteiger partial charge < -0.3 is 26.6 Å². The number of aryl methyl sites for hydroxylation is 1. The zero-order valence-electron chi connectivity index (χ0n) is 21.1. The van der Waals surface area contributed by atoms with Gasteiger partial charge in [-0.2, -0.15) is 0 Å². The van der Waals surface area contributed by atoms with Crippen LogP contribution in [0.3, 0.4) is 0 Å². The monoisotopic (exact) mass is 483 g/mol. The number of nitrogens with zero attached hydrogens (tertiary/aromatic N) is 1. The normalized spacial score (nSPS) is 26.5. The lowest BCUT2D eigenvalue weighted by molar-refractivity contribution is -0.143. The number of carbonyl (C=O) groups excluding carboxylic acids is 3. The molecule has 0 aromatic heterocycles. The molecule has 1 aromatic carbocycles. The quantitative estimate of drug-likeness (QED) is 0.472. The summed E-state index contributed by atoms with van der Waals surface area (Å²) in [6.07, 6.45) is 8.43. The van der Waals surface area contributed by atoms with Gasteiger partial charge in [0.2, 0.25) is 17.7 Å². The Bertz CT molecular complexity index is 916. The number of carbonyl (C=O) groups is 3. The number of likely N-dealkylation sites (tertiary alicyclic amines) is 1. The van der Waals surface area contributed by atoms with Crippen LogP contribution in [0.2, 0.25) is 0 Å². The summed E-state index contributed by atoms with van der Waals surface area (Å²) in [7, 11) is 1.73. The van der Waals surface area contributed by atoms with E-state index in [2.05, 4.69) is 28.1 Å². The van der Waals surface area contributed by atoms with Crippen molar-refractivity contribution in [3.05, 3.63) is 35.4 Å². The minimum absolute atomic E-state index is 0.0495. The summed E-state index contributed by atoms with van der Waals surface area (Å²) in [4.78, 5) is 41.8. The number of nitrogens with one attached hydrogen (secondary N) is 3. The zero-order valence-corrected chi connectivity index (χ0v) is 21.1. The molecule has 0 radical (unpaired) electrons. The van der Waals surface area contributed by atoms with Gasteiger partial charge in [-0.05, 0) is 69.5 Å². The number of hydrogen-bond donors (Lipinski definition) is 4. The molecule has 5 unspecified atom stereocenters. The fraction of sp³-hybridized carbons (Fsp3) is 0.667. The second-order valence-electron chi connectivity index (χ2n) is 10.5. The van der Waals surface area contributed by atoms with E-state index in [1.54, 1.807) is 18.9 Å². The van der Waals surface area contributed by atoms with Crippen LogP contribution in [0.15, 0.2) is 24.3 Å². The van der Waals surface area contributed by atoms with Gasteiger partial charge in [-0.15, -0.1) is 0 Å². The van der Waals surface area contributed by atoms with Crippen LogP contribution < -0.4 is 21.7 Å². The van der Waals surface area contributed by atoms with Gasteiger partial charge in [-0.25, -0.2) is 0 Å². The van der Waals surface area contributed by atoms with Crippen molar-refractivity contribution in [1.82, 2.24) is 20.9 Å². The fourth-order valence-electron chi connectivity index (χ4n) is 5.97. The summed E-state index contributed by atoms with van der Waals surface area (Å²) >= 11 is 0. The van der Waals surface area contributed by atoms with Gasteiger partial charge in [0.1, 0.15) is 12.1 Å². The SMILES string of the molecule is CNC(C)C(=O)NC(C(=O)N1CC(N)CC1C(=O)NC1CCCc2ccccc21)C1CCCCC1. The first-order valence-corrected chi connectivity index (χ1v) is 13.3. The summed E-state index contributed by atoms with van der Waals surface area (Å²) < 4.78 is 0. The van der Waals surface area contributed by atoms with Crippen molar-refractivity contribution < 1.29 is 14.4 Å². The number of nitrogens with two attached hydrogens (primary N) is 1. The minimum Gasteiger partial charge on any atom is -0.347 e. The lowest BCUT2D eigenvalue weighted by atomic mass is 9.83. The Morgan fingerprint density at radius 1 is 1.06 bits per heavy atom. The summed E-state index contributed by atoms with van der Waals surface area (Å²) in [5, 5.41) is 9.19. The third-order valence-corrected chi connectivity index (χ3v) is 8.12. The molecular weight excluding hydrogens is 442 g/mol. The van der Waals surface area contributed by atoms with Crippen LogP contribution >= 0.6 is 0 Å². The fourth-order valence-corrected chi connectivity index (χ4v) is 5.97. The first-order chi connectivity index (χ1) is 16.9. The Morgan fingerprint density at radius 2 is 1.80 bits per heavy atom. The third-order valence-electron chi connectivity index (χ3n) is 8.12. The van der Waals surface area contributed by atoms with Gasteiger partial charge in [0.05, 0.1) is 12.1 Å². The summed E-state index contributed by atoms with van der Waals surface area (Å²) in [6.45, 7) is 2.11. The smallest absolute Gasteiger partial charge is 0.246 e. The standard InChI is InChI=1S/C27H41N5O3/c1-17(29-2)25(33)31-24(19-10-4-3-5-11-19)27(35)32-16-20(28)15-23(32)26(34)30-22-14-8-12-18-9-6-7-13-21(18)22/h6-7,9,13,17,19-20,22-24,29H,3-5,8,10-12,14-16,28H2,1-2H3,(H,30,34)(H,31,33). The maximum Gasteiger partial charge on any atom is 0.246 e. The zero-order chi connectivity index (χ0) is 24.9. The molecule has 35 heavy (non-hydrogen) atoms. The molecule has 8 heteroatoms. The Morgan fingerprint density at radius 3 is 2.54 bits per heavy atom. The van der Waals surface area contributed by atoms with E-state index in [0.717, 1.165) is 51.4 Å². The molecule has 0 spiro atoms. The van der Waals surface area contributed by atoms with Crippen molar-refractivity contribution >= 4 is 17.7 Å². The Labute approximate surface area is 208 Å². The molecule has 1 aliphatic heterocycles. The van der Waals surface area contributed by atoms with Crippen molar-refractivity contribution in [2.24, 2.45) is 11.7 Å². The van der Waals surface area contributed by atoms with E-state index in [1.165, 1.54) is 11.1 Å². The highest BCUT2D eigenvalue weighted by atomic mass is 16.2. The molecular formula is C27H41N5O3. The van der Waals surface area contributed by atoms with Crippen molar-refractivity contribution in [3.63, 3.8) is 0 Å². The summed E-state index contributed by atoms with van der Waals surface area (Å²) in [6, 6.07) is 6.30. The van der Waals surface area contributed by atoms with Crippen LogP contribution in [0.1, 0.15) is 75.5 Å². The first-order valence-electron chi connectivity index (χ1n) is 13.3. The second kappa shape index (κ2) is 11.5. The van der Waals surface area contributed by atoms with Crippen LogP contribution in [0, 0.1) is 5.92 Å². The van der Waals surface area contributed by atoms with Crippen molar-refractivity contribution in [1.29, 1.82) is 0 Å². The van der Waals surface area contributed by atoms with E-state index >= 15 is 0 Å². The van der Waals surface area contributed by atoms with E-state index in [-0.39, 0.29) is 35.7 Å². The van der Waals surface area contributed by atoms with Crippen molar-refractivity contribution in [3.8, 4) is 0 Å². The number of rotatable bonds is 7. The lowest BCUT2D eigenvalue weighted by Crippen LogP contribution is -2.58. The molecule has 5 atom stereocenters. The molecule has 4 rings (SSSR count). The molecule has 192 valence electrons. The molecule has 3 aliphatic rings. The molecule has 2 fully saturated rings. The Hall–Kier alpha value is -2.45. The Kier molecular flexibility index (Phi) is 8.44. The molecule has 1 aromatic rings. The average molecular weight is 484 g/mol. The number of likely N-dealkylation sites (N-methyl/N-ethyl adjacent to an activating group) is 1. The number of amides is 3. The van der Waals surface area contributed by atoms with Crippen LogP contribution in [0.4, 0.5) is 0 Å². The van der Waals surface area contributed by atoms with E-state index in [1.807, 2.05) is 12.1 Å². The maximum absolute atomic E-state index is 13.9. The van der Waals surface area contributed by atoms with Gasteiger partial charge >= 0.3 is 0 Å². The van der Waals surface area contributed by atoms with E-state index < -0.39 is 18.1 Å². The van der Waals surface area contributed by atoms with Gasteiger partial charge in [-0.1, -0.05) is 43.5 Å². The van der Waals surface area contributed by atoms with Gasteiger partial charge in [0.15, 0.2) is 0 Å². The molecule has 0 bridgehead atoms. The topological polar surface area (TPSA) is 117 Å². The largest absolute Gasteiger partial charge is 0.347 e.